The van der Waals surface area contributed by atoms with Crippen molar-refractivity contribution < 1.29 is 0 Å². The predicted molar refractivity (Wildman–Crippen MR) is 84.5 cm³/mol. The monoisotopic (exact) mass is 262 g/mol. The summed E-state index contributed by atoms with van der Waals surface area (Å²) >= 11 is 0. The van der Waals surface area contributed by atoms with Crippen LogP contribution in [0.25, 0.3) is 0 Å². The summed E-state index contributed by atoms with van der Waals surface area (Å²) in [6, 6.07) is 11.8. The molecule has 0 aromatic heterocycles. The van der Waals surface area contributed by atoms with Gasteiger partial charge in [0.15, 0.2) is 0 Å². The van der Waals surface area contributed by atoms with Gasteiger partial charge in [0.1, 0.15) is 0 Å². The summed E-state index contributed by atoms with van der Waals surface area (Å²) in [5.74, 6) is 0. The zero-order chi connectivity index (χ0) is 14.1. The summed E-state index contributed by atoms with van der Waals surface area (Å²) in [6.07, 6.45) is 3.73. The third kappa shape index (κ3) is 4.63. The first-order valence-corrected chi connectivity index (χ1v) is 7.74. The Bertz CT molecular complexity index is 323. The molecule has 0 saturated carbocycles. The van der Waals surface area contributed by atoms with E-state index in [1.807, 2.05) is 0 Å². The number of nitrogens with one attached hydrogen (secondary N) is 1. The van der Waals surface area contributed by atoms with Crippen LogP contribution in [0, 0.1) is 0 Å². The quantitative estimate of drug-likeness (QED) is 0.727. The van der Waals surface area contributed by atoms with Gasteiger partial charge < -0.3 is 5.32 Å². The molecule has 108 valence electrons. The minimum atomic E-state index is 0.419. The lowest BCUT2D eigenvalue weighted by molar-refractivity contribution is 0.160. The molecule has 0 aliphatic heterocycles. The van der Waals surface area contributed by atoms with Crippen molar-refractivity contribution in [2.45, 2.75) is 52.1 Å². The van der Waals surface area contributed by atoms with Gasteiger partial charge in [-0.05, 0) is 38.5 Å². The van der Waals surface area contributed by atoms with E-state index in [9.17, 15) is 0 Å². The van der Waals surface area contributed by atoms with Crippen molar-refractivity contribution in [3.63, 3.8) is 0 Å². The van der Waals surface area contributed by atoms with Crippen LogP contribution in [0.4, 0.5) is 0 Å². The van der Waals surface area contributed by atoms with E-state index in [1.165, 1.54) is 31.4 Å². The molecule has 1 N–H and O–H groups in total. The van der Waals surface area contributed by atoms with Crippen molar-refractivity contribution >= 4 is 0 Å². The Kier molecular flexibility index (Phi) is 7.76. The van der Waals surface area contributed by atoms with Gasteiger partial charge in [0, 0.05) is 12.1 Å². The molecular weight excluding hydrogens is 232 g/mol. The van der Waals surface area contributed by atoms with Gasteiger partial charge in [-0.2, -0.15) is 0 Å². The minimum Gasteiger partial charge on any atom is -0.312 e. The number of unbranched alkanes of at least 4 members (excludes halogenated alkanes) is 1. The maximum absolute atomic E-state index is 3.52. The van der Waals surface area contributed by atoms with Crippen LogP contribution in [-0.2, 0) is 0 Å². The molecule has 0 aliphatic carbocycles. The molecule has 2 atom stereocenters. The standard InChI is InChI=1S/C17H30N2/c1-5-8-14-19(7-3)16(6-2)17(18-4)15-12-10-9-11-13-15/h9-13,16-18H,5-8,14H2,1-4H3. The van der Waals surface area contributed by atoms with Crippen molar-refractivity contribution in [1.82, 2.24) is 10.2 Å². The molecule has 2 heteroatoms. The van der Waals surface area contributed by atoms with Crippen LogP contribution >= 0.6 is 0 Å². The van der Waals surface area contributed by atoms with Gasteiger partial charge in [-0.15, -0.1) is 0 Å². The van der Waals surface area contributed by atoms with Crippen LogP contribution in [0.15, 0.2) is 30.3 Å². The Labute approximate surface area is 119 Å². The Balaban J connectivity index is 2.85. The molecule has 0 saturated heterocycles. The molecule has 0 aliphatic rings. The van der Waals surface area contributed by atoms with Gasteiger partial charge in [0.05, 0.1) is 0 Å². The number of hydrogen-bond acceptors (Lipinski definition) is 2. The number of nitrogens with zero attached hydrogens (tertiary/aromatic N) is 1. The summed E-state index contributed by atoms with van der Waals surface area (Å²) in [5, 5.41) is 3.52. The van der Waals surface area contributed by atoms with E-state index in [1.54, 1.807) is 0 Å². The van der Waals surface area contributed by atoms with Crippen molar-refractivity contribution in [3.8, 4) is 0 Å². The molecule has 0 heterocycles. The van der Waals surface area contributed by atoms with Gasteiger partial charge in [-0.1, -0.05) is 57.5 Å². The Morgan fingerprint density at radius 1 is 1.11 bits per heavy atom. The number of hydrogen-bond donors (Lipinski definition) is 1. The second-order valence-corrected chi connectivity index (χ2v) is 5.13. The third-order valence-electron chi connectivity index (χ3n) is 3.95. The molecule has 1 aromatic rings. The van der Waals surface area contributed by atoms with Gasteiger partial charge in [-0.25, -0.2) is 0 Å². The zero-order valence-electron chi connectivity index (χ0n) is 13.0. The van der Waals surface area contributed by atoms with E-state index < -0.39 is 0 Å². The first-order valence-electron chi connectivity index (χ1n) is 7.74. The Morgan fingerprint density at radius 2 is 1.79 bits per heavy atom. The highest BCUT2D eigenvalue weighted by Gasteiger charge is 2.24. The van der Waals surface area contributed by atoms with Gasteiger partial charge in [-0.3, -0.25) is 4.90 Å². The molecule has 0 bridgehead atoms. The molecule has 0 amide bonds. The van der Waals surface area contributed by atoms with Gasteiger partial charge >= 0.3 is 0 Å². The highest BCUT2D eigenvalue weighted by molar-refractivity contribution is 5.20. The fourth-order valence-corrected chi connectivity index (χ4v) is 2.87. The predicted octanol–water partition coefficient (Wildman–Crippen LogP) is 3.85. The SMILES string of the molecule is CCCCN(CC)C(CC)C(NC)c1ccccc1. The van der Waals surface area contributed by atoms with Crippen molar-refractivity contribution in [3.05, 3.63) is 35.9 Å². The van der Waals surface area contributed by atoms with E-state index in [4.69, 9.17) is 0 Å². The zero-order valence-corrected chi connectivity index (χ0v) is 13.0. The molecule has 2 nitrogen and oxygen atoms in total. The second kappa shape index (κ2) is 9.11. The average molecular weight is 262 g/mol. The molecule has 2 unspecified atom stereocenters. The van der Waals surface area contributed by atoms with E-state index in [2.05, 4.69) is 68.4 Å². The van der Waals surface area contributed by atoms with E-state index in [0.29, 0.717) is 12.1 Å². The van der Waals surface area contributed by atoms with Gasteiger partial charge in [0.25, 0.3) is 0 Å². The topological polar surface area (TPSA) is 15.3 Å². The third-order valence-corrected chi connectivity index (χ3v) is 3.95. The van der Waals surface area contributed by atoms with E-state index in [0.717, 1.165) is 6.54 Å². The van der Waals surface area contributed by atoms with E-state index in [-0.39, 0.29) is 0 Å². The molecule has 1 rings (SSSR count). The highest BCUT2D eigenvalue weighted by Crippen LogP contribution is 2.23. The lowest BCUT2D eigenvalue weighted by atomic mass is 9.95. The summed E-state index contributed by atoms with van der Waals surface area (Å²) < 4.78 is 0. The lowest BCUT2D eigenvalue weighted by Crippen LogP contribution is -2.44. The molecule has 19 heavy (non-hydrogen) atoms. The van der Waals surface area contributed by atoms with Crippen LogP contribution in [0.1, 0.15) is 51.6 Å². The molecular formula is C17H30N2. The highest BCUT2D eigenvalue weighted by atomic mass is 15.2. The number of rotatable bonds is 9. The van der Waals surface area contributed by atoms with Crippen LogP contribution in [0.3, 0.4) is 0 Å². The van der Waals surface area contributed by atoms with Crippen LogP contribution in [0.2, 0.25) is 0 Å². The maximum atomic E-state index is 3.52. The maximum Gasteiger partial charge on any atom is 0.0475 e. The van der Waals surface area contributed by atoms with Crippen molar-refractivity contribution in [2.24, 2.45) is 0 Å². The smallest absolute Gasteiger partial charge is 0.0475 e. The normalized spacial score (nSPS) is 14.6. The van der Waals surface area contributed by atoms with Crippen LogP contribution < -0.4 is 5.32 Å². The summed E-state index contributed by atoms with van der Waals surface area (Å²) in [7, 11) is 2.08. The molecule has 0 radical (unpaired) electrons. The van der Waals surface area contributed by atoms with Gasteiger partial charge in [0.2, 0.25) is 0 Å². The van der Waals surface area contributed by atoms with E-state index >= 15 is 0 Å². The van der Waals surface area contributed by atoms with Crippen molar-refractivity contribution in [1.29, 1.82) is 0 Å². The largest absolute Gasteiger partial charge is 0.312 e. The number of likely N-dealkylation sites (N-methyl/N-ethyl adjacent to an activating group) is 2. The summed E-state index contributed by atoms with van der Waals surface area (Å²) in [4.78, 5) is 2.62. The minimum absolute atomic E-state index is 0.419. The molecule has 1 aromatic carbocycles. The lowest BCUT2D eigenvalue weighted by Gasteiger charge is -2.36. The Morgan fingerprint density at radius 3 is 2.26 bits per heavy atom. The summed E-state index contributed by atoms with van der Waals surface area (Å²) in [6.45, 7) is 9.17. The van der Waals surface area contributed by atoms with Crippen molar-refractivity contribution in [2.75, 3.05) is 20.1 Å². The fraction of sp³-hybridized carbons (Fsp3) is 0.647. The molecule has 0 spiro atoms. The van der Waals surface area contributed by atoms with Crippen LogP contribution in [-0.4, -0.2) is 31.1 Å². The molecule has 0 fully saturated rings. The number of benzene rings is 1. The van der Waals surface area contributed by atoms with Crippen LogP contribution in [0.5, 0.6) is 0 Å². The second-order valence-electron chi connectivity index (χ2n) is 5.13. The average Bonchev–Trinajstić information content (AvgIpc) is 2.47. The fourth-order valence-electron chi connectivity index (χ4n) is 2.87. The Hall–Kier alpha value is -0.860. The first-order chi connectivity index (χ1) is 9.28. The first kappa shape index (κ1) is 16.2. The summed E-state index contributed by atoms with van der Waals surface area (Å²) in [5.41, 5.74) is 1.40.